The summed E-state index contributed by atoms with van der Waals surface area (Å²) in [6.07, 6.45) is -5.64. The molecule has 5 atom stereocenters. The molecule has 0 unspecified atom stereocenters. The van der Waals surface area contributed by atoms with Gasteiger partial charge in [0.2, 0.25) is 0 Å². The van der Waals surface area contributed by atoms with Gasteiger partial charge in [0, 0.05) is 10.7 Å². The van der Waals surface area contributed by atoms with E-state index in [1.807, 2.05) is 0 Å². The minimum absolute atomic E-state index is 0.553. The van der Waals surface area contributed by atoms with Gasteiger partial charge in [0.15, 0.2) is 6.23 Å². The Morgan fingerprint density at radius 3 is 2.42 bits per heavy atom. The molecule has 1 saturated heterocycles. The number of anilines is 1. The number of hydrogen-bond acceptors (Lipinski definition) is 6. The summed E-state index contributed by atoms with van der Waals surface area (Å²) in [5.74, 6) is 0. The van der Waals surface area contributed by atoms with Gasteiger partial charge in [0.25, 0.3) is 0 Å². The van der Waals surface area contributed by atoms with Gasteiger partial charge in [-0.05, 0) is 24.3 Å². The molecule has 5 N–H and O–H groups in total. The molecular formula is C12H16ClNO5. The minimum Gasteiger partial charge on any atom is -0.394 e. The highest BCUT2D eigenvalue weighted by Crippen LogP contribution is 2.25. The summed E-state index contributed by atoms with van der Waals surface area (Å²) in [6, 6.07) is 6.73. The molecule has 19 heavy (non-hydrogen) atoms. The Labute approximate surface area is 115 Å². The van der Waals surface area contributed by atoms with E-state index in [9.17, 15) is 15.3 Å². The molecule has 0 bridgehead atoms. The van der Waals surface area contributed by atoms with Crippen molar-refractivity contribution in [3.63, 3.8) is 0 Å². The summed E-state index contributed by atoms with van der Waals surface area (Å²) in [4.78, 5) is 0. The molecule has 106 valence electrons. The lowest BCUT2D eigenvalue weighted by atomic mass is 10.1. The lowest BCUT2D eigenvalue weighted by Gasteiger charge is -2.19. The third-order valence-corrected chi connectivity index (χ3v) is 3.27. The van der Waals surface area contributed by atoms with Crippen molar-refractivity contribution in [2.75, 3.05) is 11.9 Å². The van der Waals surface area contributed by atoms with Crippen molar-refractivity contribution in [1.82, 2.24) is 0 Å². The van der Waals surface area contributed by atoms with Crippen LogP contribution < -0.4 is 5.32 Å². The number of aliphatic hydroxyl groups is 4. The second-order valence-electron chi connectivity index (χ2n) is 4.40. The highest BCUT2D eigenvalue weighted by atomic mass is 35.5. The smallest absolute Gasteiger partial charge is 0.157 e. The number of ether oxygens (including phenoxy) is 1. The molecule has 1 aliphatic rings. The van der Waals surface area contributed by atoms with Crippen LogP contribution in [0.25, 0.3) is 0 Å². The molecule has 0 radical (unpaired) electrons. The van der Waals surface area contributed by atoms with Gasteiger partial charge in [-0.15, -0.1) is 0 Å². The zero-order chi connectivity index (χ0) is 14.0. The molecule has 1 aromatic rings. The van der Waals surface area contributed by atoms with Crippen LogP contribution in [0.1, 0.15) is 0 Å². The third kappa shape index (κ3) is 3.17. The number of nitrogens with one attached hydrogen (secondary N) is 1. The third-order valence-electron chi connectivity index (χ3n) is 3.02. The largest absolute Gasteiger partial charge is 0.394 e. The first kappa shape index (κ1) is 14.5. The molecule has 0 spiro atoms. The SMILES string of the molecule is OC[C@@H](O)[C@H]1O[C@H](Nc2ccc(Cl)cc2)[C@@H](O)[C@@H]1O. The molecule has 0 aliphatic carbocycles. The second kappa shape index (κ2) is 6.04. The van der Waals surface area contributed by atoms with E-state index >= 15 is 0 Å². The molecule has 0 aromatic heterocycles. The maximum absolute atomic E-state index is 9.83. The van der Waals surface area contributed by atoms with Gasteiger partial charge < -0.3 is 30.5 Å². The summed E-state index contributed by atoms with van der Waals surface area (Å²) in [5.41, 5.74) is 0.653. The second-order valence-corrected chi connectivity index (χ2v) is 4.84. The summed E-state index contributed by atoms with van der Waals surface area (Å²) in [5, 5.41) is 41.3. The zero-order valence-electron chi connectivity index (χ0n) is 9.98. The minimum atomic E-state index is -1.27. The topological polar surface area (TPSA) is 102 Å². The number of aliphatic hydroxyl groups excluding tert-OH is 4. The van der Waals surface area contributed by atoms with Crippen molar-refractivity contribution in [2.24, 2.45) is 0 Å². The van der Waals surface area contributed by atoms with E-state index < -0.39 is 37.3 Å². The Kier molecular flexibility index (Phi) is 4.62. The molecule has 0 saturated carbocycles. The lowest BCUT2D eigenvalue weighted by molar-refractivity contribution is -0.0774. The highest BCUT2D eigenvalue weighted by molar-refractivity contribution is 6.30. The van der Waals surface area contributed by atoms with Crippen LogP contribution in [-0.2, 0) is 4.74 Å². The van der Waals surface area contributed by atoms with E-state index in [1.165, 1.54) is 0 Å². The molecule has 2 rings (SSSR count). The number of halogens is 1. The molecule has 0 amide bonds. The van der Waals surface area contributed by atoms with Crippen LogP contribution in [0.4, 0.5) is 5.69 Å². The van der Waals surface area contributed by atoms with Gasteiger partial charge in [0.1, 0.15) is 24.4 Å². The molecule has 6 nitrogen and oxygen atoms in total. The first-order chi connectivity index (χ1) is 9.02. The summed E-state index contributed by atoms with van der Waals surface area (Å²) >= 11 is 5.75. The van der Waals surface area contributed by atoms with Crippen molar-refractivity contribution in [3.8, 4) is 0 Å². The quantitative estimate of drug-likeness (QED) is 0.515. The summed E-state index contributed by atoms with van der Waals surface area (Å²) < 4.78 is 5.32. The molecule has 7 heteroatoms. The first-order valence-corrected chi connectivity index (χ1v) is 6.23. The Bertz CT molecular complexity index is 415. The fourth-order valence-electron chi connectivity index (χ4n) is 1.96. The van der Waals surface area contributed by atoms with Crippen molar-refractivity contribution < 1.29 is 25.2 Å². The van der Waals surface area contributed by atoms with Crippen LogP contribution in [0.5, 0.6) is 0 Å². The molecule has 1 aliphatic heterocycles. The van der Waals surface area contributed by atoms with Crippen LogP contribution in [0.3, 0.4) is 0 Å². The van der Waals surface area contributed by atoms with E-state index in [0.29, 0.717) is 10.7 Å². The maximum atomic E-state index is 9.83. The predicted octanol–water partition coefficient (Wildman–Crippen LogP) is -0.448. The number of rotatable bonds is 4. The Morgan fingerprint density at radius 1 is 1.21 bits per heavy atom. The molecule has 1 aromatic carbocycles. The first-order valence-electron chi connectivity index (χ1n) is 5.85. The summed E-state index contributed by atoms with van der Waals surface area (Å²) in [6.45, 7) is -0.553. The number of hydrogen-bond donors (Lipinski definition) is 5. The lowest BCUT2D eigenvalue weighted by Crippen LogP contribution is -2.40. The molecular weight excluding hydrogens is 274 g/mol. The van der Waals surface area contributed by atoms with E-state index in [4.69, 9.17) is 21.4 Å². The van der Waals surface area contributed by atoms with E-state index in [0.717, 1.165) is 0 Å². The molecule has 1 heterocycles. The van der Waals surface area contributed by atoms with E-state index in [1.54, 1.807) is 24.3 Å². The van der Waals surface area contributed by atoms with Gasteiger partial charge in [-0.2, -0.15) is 0 Å². The van der Waals surface area contributed by atoms with Crippen LogP contribution >= 0.6 is 11.6 Å². The van der Waals surface area contributed by atoms with Crippen LogP contribution in [0.15, 0.2) is 24.3 Å². The van der Waals surface area contributed by atoms with Gasteiger partial charge in [-0.25, -0.2) is 0 Å². The zero-order valence-corrected chi connectivity index (χ0v) is 10.7. The van der Waals surface area contributed by atoms with Crippen molar-refractivity contribution in [3.05, 3.63) is 29.3 Å². The maximum Gasteiger partial charge on any atom is 0.157 e. The van der Waals surface area contributed by atoms with Gasteiger partial charge in [0.05, 0.1) is 6.61 Å². The number of benzene rings is 1. The van der Waals surface area contributed by atoms with Gasteiger partial charge >= 0.3 is 0 Å². The standard InChI is InChI=1S/C12H16ClNO5/c13-6-1-3-7(4-2-6)14-12-10(18)9(17)11(19-12)8(16)5-15/h1-4,8-12,14-18H,5H2/t8-,9+,10+,11-,12+/m1/s1. The average Bonchev–Trinajstić information content (AvgIpc) is 2.69. The fraction of sp³-hybridized carbons (Fsp3) is 0.500. The van der Waals surface area contributed by atoms with Crippen molar-refractivity contribution in [2.45, 2.75) is 30.6 Å². The van der Waals surface area contributed by atoms with Crippen molar-refractivity contribution in [1.29, 1.82) is 0 Å². The fourth-order valence-corrected chi connectivity index (χ4v) is 2.08. The Morgan fingerprint density at radius 2 is 1.84 bits per heavy atom. The Balaban J connectivity index is 2.03. The molecule has 1 fully saturated rings. The monoisotopic (exact) mass is 289 g/mol. The Hall–Kier alpha value is -0.890. The average molecular weight is 290 g/mol. The van der Waals surface area contributed by atoms with Gasteiger partial charge in [-0.1, -0.05) is 11.6 Å². The normalized spacial score (nSPS) is 32.3. The predicted molar refractivity (Wildman–Crippen MR) is 68.8 cm³/mol. The summed E-state index contributed by atoms with van der Waals surface area (Å²) in [7, 11) is 0. The van der Waals surface area contributed by atoms with E-state index in [-0.39, 0.29) is 0 Å². The highest BCUT2D eigenvalue weighted by Gasteiger charge is 2.45. The van der Waals surface area contributed by atoms with Crippen molar-refractivity contribution >= 4 is 17.3 Å². The van der Waals surface area contributed by atoms with Crippen LogP contribution in [-0.4, -0.2) is 57.7 Å². The van der Waals surface area contributed by atoms with Gasteiger partial charge in [-0.3, -0.25) is 0 Å². The van der Waals surface area contributed by atoms with Crippen LogP contribution in [0.2, 0.25) is 5.02 Å². The van der Waals surface area contributed by atoms with Crippen LogP contribution in [0, 0.1) is 0 Å². The van der Waals surface area contributed by atoms with E-state index in [2.05, 4.69) is 5.32 Å².